The highest BCUT2D eigenvalue weighted by molar-refractivity contribution is 7.16. The molecule has 0 atom stereocenters. The number of aromatic amines is 1. The lowest BCUT2D eigenvalue weighted by Crippen LogP contribution is -2.18. The fourth-order valence-corrected chi connectivity index (χ4v) is 3.39. The third-order valence-electron chi connectivity index (χ3n) is 3.19. The molecule has 1 amide bonds. The Balaban J connectivity index is 1.78. The van der Waals surface area contributed by atoms with E-state index >= 15 is 0 Å². The van der Waals surface area contributed by atoms with Crippen molar-refractivity contribution < 1.29 is 9.72 Å². The summed E-state index contributed by atoms with van der Waals surface area (Å²) in [6, 6.07) is 2.94. The van der Waals surface area contributed by atoms with Crippen LogP contribution in [0.3, 0.4) is 0 Å². The van der Waals surface area contributed by atoms with E-state index < -0.39 is 10.8 Å². The average Bonchev–Trinajstić information content (AvgIpc) is 3.27. The van der Waals surface area contributed by atoms with Gasteiger partial charge in [0.05, 0.1) is 32.1 Å². The number of H-pyrrole nitrogens is 1. The number of nitro groups is 1. The van der Waals surface area contributed by atoms with Gasteiger partial charge in [0, 0.05) is 11.8 Å². The Labute approximate surface area is 148 Å². The quantitative estimate of drug-likeness (QED) is 0.397. The van der Waals surface area contributed by atoms with E-state index in [1.54, 1.807) is 19.9 Å². The molecule has 3 aromatic rings. The number of nitrogens with one attached hydrogen (secondary N) is 2. The molecule has 0 saturated carbocycles. The van der Waals surface area contributed by atoms with Crippen molar-refractivity contribution in [3.05, 3.63) is 44.1 Å². The summed E-state index contributed by atoms with van der Waals surface area (Å²) in [7, 11) is 0. The molecule has 0 aliphatic carbocycles. The summed E-state index contributed by atoms with van der Waals surface area (Å²) in [5.41, 5.74) is 4.48. The molecule has 10 nitrogen and oxygen atoms in total. The van der Waals surface area contributed by atoms with Crippen molar-refractivity contribution in [2.24, 2.45) is 5.10 Å². The summed E-state index contributed by atoms with van der Waals surface area (Å²) < 4.78 is 3.85. The molecule has 3 aromatic heterocycles. The van der Waals surface area contributed by atoms with E-state index in [-0.39, 0.29) is 5.00 Å². The lowest BCUT2D eigenvalue weighted by Gasteiger charge is -2.01. The molecule has 0 aliphatic rings. The summed E-state index contributed by atoms with van der Waals surface area (Å²) in [5.74, 6) is -0.448. The topological polar surface area (TPSA) is 139 Å². The molecule has 3 heterocycles. The van der Waals surface area contributed by atoms with Gasteiger partial charge in [-0.2, -0.15) is 10.2 Å². The highest BCUT2D eigenvalue weighted by Gasteiger charge is 2.22. The summed E-state index contributed by atoms with van der Waals surface area (Å²) in [6.45, 7) is 3.51. The van der Waals surface area contributed by atoms with Crippen LogP contribution in [0.5, 0.6) is 0 Å². The minimum atomic E-state index is -0.479. The van der Waals surface area contributed by atoms with Gasteiger partial charge in [-0.15, -0.1) is 5.10 Å². The molecule has 0 bridgehead atoms. The third kappa shape index (κ3) is 3.44. The van der Waals surface area contributed by atoms with Crippen LogP contribution in [0.2, 0.25) is 0 Å². The van der Waals surface area contributed by atoms with E-state index in [9.17, 15) is 14.9 Å². The Hall–Kier alpha value is -2.99. The molecular formula is C13H11N7O3S2. The Bertz CT molecular complexity index is 972. The number of thiophene rings is 1. The van der Waals surface area contributed by atoms with Crippen molar-refractivity contribution in [3.63, 3.8) is 0 Å². The van der Waals surface area contributed by atoms with Gasteiger partial charge in [-0.3, -0.25) is 20.0 Å². The maximum atomic E-state index is 12.4. The molecule has 2 N–H and O–H groups in total. The number of aromatic nitrogens is 4. The number of carbonyl (C=O) groups excluding carboxylic acids is 1. The Morgan fingerprint density at radius 2 is 2.24 bits per heavy atom. The second-order valence-corrected chi connectivity index (χ2v) is 6.74. The Morgan fingerprint density at radius 1 is 1.44 bits per heavy atom. The average molecular weight is 377 g/mol. The van der Waals surface area contributed by atoms with Crippen LogP contribution in [0.25, 0.3) is 10.6 Å². The monoisotopic (exact) mass is 377 g/mol. The molecule has 3 rings (SSSR count). The van der Waals surface area contributed by atoms with Gasteiger partial charge in [0.1, 0.15) is 5.69 Å². The first kappa shape index (κ1) is 16.9. The smallest absolute Gasteiger partial charge is 0.281 e. The Morgan fingerprint density at radius 3 is 2.88 bits per heavy atom. The van der Waals surface area contributed by atoms with Crippen LogP contribution in [0.1, 0.15) is 26.6 Å². The van der Waals surface area contributed by atoms with E-state index in [1.807, 2.05) is 0 Å². The molecule has 0 radical (unpaired) electrons. The van der Waals surface area contributed by atoms with Crippen molar-refractivity contribution in [2.75, 3.05) is 0 Å². The molecule has 0 saturated heterocycles. The van der Waals surface area contributed by atoms with Crippen molar-refractivity contribution in [1.82, 2.24) is 25.2 Å². The third-order valence-corrected chi connectivity index (χ3v) is 5.00. The Kier molecular flexibility index (Phi) is 4.63. The SMILES string of the molecule is Cc1nnsc1-c1n[nH]c(C)c1C(=O)NN=Cc1ccc([N+](=O)[O-])s1. The summed E-state index contributed by atoms with van der Waals surface area (Å²) >= 11 is 2.11. The second kappa shape index (κ2) is 6.86. The fourth-order valence-electron chi connectivity index (χ4n) is 2.04. The van der Waals surface area contributed by atoms with Crippen molar-refractivity contribution in [1.29, 1.82) is 0 Å². The van der Waals surface area contributed by atoms with Gasteiger partial charge in [0.25, 0.3) is 5.91 Å². The molecular weight excluding hydrogens is 366 g/mol. The van der Waals surface area contributed by atoms with Gasteiger partial charge >= 0.3 is 5.00 Å². The van der Waals surface area contributed by atoms with E-state index in [1.165, 1.54) is 12.3 Å². The maximum Gasteiger partial charge on any atom is 0.324 e. The largest absolute Gasteiger partial charge is 0.324 e. The highest BCUT2D eigenvalue weighted by Crippen LogP contribution is 2.28. The molecule has 0 aromatic carbocycles. The summed E-state index contributed by atoms with van der Waals surface area (Å²) in [4.78, 5) is 23.9. The molecule has 0 aliphatic heterocycles. The van der Waals surface area contributed by atoms with Crippen LogP contribution < -0.4 is 5.43 Å². The zero-order valence-electron chi connectivity index (χ0n) is 13.0. The summed E-state index contributed by atoms with van der Waals surface area (Å²) in [5, 5.41) is 25.3. The molecule has 12 heteroatoms. The van der Waals surface area contributed by atoms with Gasteiger partial charge < -0.3 is 0 Å². The zero-order valence-corrected chi connectivity index (χ0v) is 14.6. The van der Waals surface area contributed by atoms with Crippen molar-refractivity contribution in [2.45, 2.75) is 13.8 Å². The van der Waals surface area contributed by atoms with Gasteiger partial charge in [-0.1, -0.05) is 15.8 Å². The molecule has 128 valence electrons. The van der Waals surface area contributed by atoms with E-state index in [0.29, 0.717) is 32.4 Å². The number of amides is 1. The van der Waals surface area contributed by atoms with Crippen molar-refractivity contribution in [3.8, 4) is 10.6 Å². The first-order valence-electron chi connectivity index (χ1n) is 6.89. The maximum absolute atomic E-state index is 12.4. The minimum absolute atomic E-state index is 0.00825. The van der Waals surface area contributed by atoms with Crippen LogP contribution in [0, 0.1) is 24.0 Å². The van der Waals surface area contributed by atoms with E-state index in [4.69, 9.17) is 0 Å². The fraction of sp³-hybridized carbons (Fsp3) is 0.154. The van der Waals surface area contributed by atoms with Gasteiger partial charge in [0.2, 0.25) is 0 Å². The lowest BCUT2D eigenvalue weighted by atomic mass is 10.1. The number of hydrogen-bond acceptors (Lipinski definition) is 9. The number of rotatable bonds is 5. The number of aryl methyl sites for hydroxylation is 2. The molecule has 0 unspecified atom stereocenters. The number of nitrogens with zero attached hydrogens (tertiary/aromatic N) is 5. The molecule has 0 spiro atoms. The van der Waals surface area contributed by atoms with Crippen LogP contribution >= 0.6 is 22.9 Å². The van der Waals surface area contributed by atoms with Crippen LogP contribution in [0.15, 0.2) is 17.2 Å². The number of hydrazone groups is 1. The van der Waals surface area contributed by atoms with E-state index in [0.717, 1.165) is 22.9 Å². The van der Waals surface area contributed by atoms with Crippen LogP contribution in [0.4, 0.5) is 5.00 Å². The number of carbonyl (C=O) groups is 1. The molecule has 0 fully saturated rings. The van der Waals surface area contributed by atoms with Crippen LogP contribution in [-0.2, 0) is 0 Å². The lowest BCUT2D eigenvalue weighted by molar-refractivity contribution is -0.380. The van der Waals surface area contributed by atoms with Crippen molar-refractivity contribution >= 4 is 40.0 Å². The predicted molar refractivity (Wildman–Crippen MR) is 93.0 cm³/mol. The first-order chi connectivity index (χ1) is 12.0. The minimum Gasteiger partial charge on any atom is -0.281 e. The van der Waals surface area contributed by atoms with E-state index in [2.05, 4.69) is 30.3 Å². The summed E-state index contributed by atoms with van der Waals surface area (Å²) in [6.07, 6.45) is 1.35. The highest BCUT2D eigenvalue weighted by atomic mass is 32.1. The number of hydrogen-bond donors (Lipinski definition) is 2. The zero-order chi connectivity index (χ0) is 18.0. The van der Waals surface area contributed by atoms with Gasteiger partial charge in [0.15, 0.2) is 0 Å². The first-order valence-corrected chi connectivity index (χ1v) is 8.48. The van der Waals surface area contributed by atoms with Crippen LogP contribution in [-0.4, -0.2) is 36.8 Å². The molecule has 25 heavy (non-hydrogen) atoms. The predicted octanol–water partition coefficient (Wildman–Crippen LogP) is 2.28. The normalized spacial score (nSPS) is 11.1. The standard InChI is InChI=1S/C13H11N7O3S2/c1-6-10(11(17-15-6)12-7(2)16-19-25-12)13(21)18-14-5-8-3-4-9(24-8)20(22)23/h3-5H,1-2H3,(H,15,17)(H,18,21). The van der Waals surface area contributed by atoms with Gasteiger partial charge in [-0.25, -0.2) is 5.43 Å². The second-order valence-electron chi connectivity index (χ2n) is 4.89. The van der Waals surface area contributed by atoms with Gasteiger partial charge in [-0.05, 0) is 31.4 Å².